The third-order valence-corrected chi connectivity index (χ3v) is 5.32. The van der Waals surface area contributed by atoms with E-state index in [4.69, 9.17) is 0 Å². The summed E-state index contributed by atoms with van der Waals surface area (Å²) in [5.74, 6) is -0.853. The van der Waals surface area contributed by atoms with Gasteiger partial charge < -0.3 is 5.11 Å². The van der Waals surface area contributed by atoms with Gasteiger partial charge >= 0.3 is 5.97 Å². The molecule has 0 radical (unpaired) electrons. The maximum Gasteiger partial charge on any atom is 0.324 e. The van der Waals surface area contributed by atoms with Gasteiger partial charge in [0.2, 0.25) is 10.0 Å². The van der Waals surface area contributed by atoms with Crippen LogP contribution in [0.1, 0.15) is 59.8 Å². The molecule has 2 N–H and O–H groups in total. The second kappa shape index (κ2) is 6.02. The van der Waals surface area contributed by atoms with Crippen LogP contribution in [0, 0.1) is 11.3 Å². The van der Waals surface area contributed by atoms with Gasteiger partial charge in [0.25, 0.3) is 0 Å². The molecular formula is C14H27NO4S. The monoisotopic (exact) mass is 305 g/mol. The number of sulfonamides is 1. The summed E-state index contributed by atoms with van der Waals surface area (Å²) in [6.45, 7) is 7.88. The number of carboxylic acids is 1. The number of nitrogens with one attached hydrogen (secondary N) is 1. The van der Waals surface area contributed by atoms with Gasteiger partial charge in [-0.1, -0.05) is 40.5 Å². The zero-order chi connectivity index (χ0) is 15.6. The molecule has 0 amide bonds. The summed E-state index contributed by atoms with van der Waals surface area (Å²) >= 11 is 0. The van der Waals surface area contributed by atoms with Crippen LogP contribution in [0.3, 0.4) is 0 Å². The highest BCUT2D eigenvalue weighted by Crippen LogP contribution is 2.33. The predicted octanol–water partition coefficient (Wildman–Crippen LogP) is 2.38. The van der Waals surface area contributed by atoms with Crippen molar-refractivity contribution in [1.82, 2.24) is 4.72 Å². The maximum absolute atomic E-state index is 12.2. The zero-order valence-electron chi connectivity index (χ0n) is 12.9. The first-order valence-electron chi connectivity index (χ1n) is 7.21. The minimum Gasteiger partial charge on any atom is -0.480 e. The van der Waals surface area contributed by atoms with Crippen molar-refractivity contribution in [3.8, 4) is 0 Å². The Labute approximate surface area is 122 Å². The van der Waals surface area contributed by atoms with E-state index in [2.05, 4.69) is 4.72 Å². The van der Waals surface area contributed by atoms with Crippen LogP contribution < -0.4 is 4.72 Å². The molecule has 2 unspecified atom stereocenters. The number of carboxylic acid groups (broad SMARTS) is 1. The third-order valence-electron chi connectivity index (χ3n) is 3.88. The number of rotatable bonds is 5. The van der Waals surface area contributed by atoms with Crippen LogP contribution in [0.2, 0.25) is 0 Å². The fraction of sp³-hybridized carbons (Fsp3) is 0.929. The van der Waals surface area contributed by atoms with Crippen LogP contribution in [-0.2, 0) is 14.8 Å². The Morgan fingerprint density at radius 1 is 1.40 bits per heavy atom. The largest absolute Gasteiger partial charge is 0.480 e. The Kier molecular flexibility index (Phi) is 5.24. The van der Waals surface area contributed by atoms with Gasteiger partial charge in [-0.05, 0) is 30.6 Å². The zero-order valence-corrected chi connectivity index (χ0v) is 13.7. The molecule has 0 heterocycles. The lowest BCUT2D eigenvalue weighted by atomic mass is 9.77. The van der Waals surface area contributed by atoms with Crippen molar-refractivity contribution in [2.75, 3.05) is 5.75 Å². The minimum absolute atomic E-state index is 0.0279. The molecule has 1 aliphatic carbocycles. The highest BCUT2D eigenvalue weighted by molar-refractivity contribution is 7.89. The van der Waals surface area contributed by atoms with Gasteiger partial charge in [-0.15, -0.1) is 0 Å². The van der Waals surface area contributed by atoms with Crippen molar-refractivity contribution in [2.45, 2.75) is 65.3 Å². The summed E-state index contributed by atoms with van der Waals surface area (Å²) in [7, 11) is -3.57. The first-order valence-corrected chi connectivity index (χ1v) is 8.86. The lowest BCUT2D eigenvalue weighted by Gasteiger charge is -2.36. The summed E-state index contributed by atoms with van der Waals surface area (Å²) < 4.78 is 26.9. The topological polar surface area (TPSA) is 83.5 Å². The smallest absolute Gasteiger partial charge is 0.324 e. The Morgan fingerprint density at radius 2 is 2.00 bits per heavy atom. The first kappa shape index (κ1) is 17.4. The van der Waals surface area contributed by atoms with Crippen molar-refractivity contribution in [2.24, 2.45) is 11.3 Å². The van der Waals surface area contributed by atoms with Gasteiger partial charge in [0.15, 0.2) is 0 Å². The molecule has 1 aliphatic rings. The molecule has 6 heteroatoms. The van der Waals surface area contributed by atoms with Crippen LogP contribution in [0.25, 0.3) is 0 Å². The van der Waals surface area contributed by atoms with Crippen molar-refractivity contribution < 1.29 is 18.3 Å². The maximum atomic E-state index is 12.2. The van der Waals surface area contributed by atoms with E-state index in [1.54, 1.807) is 0 Å². The summed E-state index contributed by atoms with van der Waals surface area (Å²) in [5, 5.41) is 9.47. The second-order valence-electron chi connectivity index (χ2n) is 7.32. The van der Waals surface area contributed by atoms with E-state index >= 15 is 0 Å². The Morgan fingerprint density at radius 3 is 2.45 bits per heavy atom. The molecule has 1 fully saturated rings. The van der Waals surface area contributed by atoms with Gasteiger partial charge in [0.1, 0.15) is 5.54 Å². The Bertz CT molecular complexity index is 452. The van der Waals surface area contributed by atoms with Crippen molar-refractivity contribution in [3.05, 3.63) is 0 Å². The highest BCUT2D eigenvalue weighted by atomic mass is 32.2. The van der Waals surface area contributed by atoms with Crippen LogP contribution in [0.5, 0.6) is 0 Å². The quantitative estimate of drug-likeness (QED) is 0.817. The second-order valence-corrected chi connectivity index (χ2v) is 9.16. The van der Waals surface area contributed by atoms with Gasteiger partial charge in [0, 0.05) is 0 Å². The molecule has 118 valence electrons. The summed E-state index contributed by atoms with van der Waals surface area (Å²) in [5.41, 5.74) is -1.40. The molecule has 0 aromatic carbocycles. The van der Waals surface area contributed by atoms with Crippen molar-refractivity contribution in [1.29, 1.82) is 0 Å². The van der Waals surface area contributed by atoms with E-state index < -0.39 is 21.5 Å². The number of hydrogen-bond acceptors (Lipinski definition) is 3. The average molecular weight is 305 g/mol. The predicted molar refractivity (Wildman–Crippen MR) is 79.0 cm³/mol. The van der Waals surface area contributed by atoms with Gasteiger partial charge in [-0.3, -0.25) is 4.79 Å². The minimum atomic E-state index is -3.57. The van der Waals surface area contributed by atoms with E-state index in [1.165, 1.54) is 0 Å². The molecular weight excluding hydrogens is 278 g/mol. The summed E-state index contributed by atoms with van der Waals surface area (Å²) in [6.07, 6.45) is 2.96. The normalized spacial score (nSPS) is 28.3. The van der Waals surface area contributed by atoms with E-state index in [-0.39, 0.29) is 17.1 Å². The third kappa shape index (κ3) is 5.05. The first-order chi connectivity index (χ1) is 8.96. The van der Waals surface area contributed by atoms with Gasteiger partial charge in [-0.25, -0.2) is 8.42 Å². The number of hydrogen-bond donors (Lipinski definition) is 2. The van der Waals surface area contributed by atoms with E-state index in [0.717, 1.165) is 12.8 Å². The van der Waals surface area contributed by atoms with Gasteiger partial charge in [-0.2, -0.15) is 4.72 Å². The van der Waals surface area contributed by atoms with Crippen LogP contribution in [-0.4, -0.2) is 30.8 Å². The number of carbonyl (C=O) groups is 1. The van der Waals surface area contributed by atoms with E-state index in [9.17, 15) is 18.3 Å². The fourth-order valence-electron chi connectivity index (χ4n) is 2.67. The molecule has 5 nitrogen and oxygen atoms in total. The molecule has 0 aromatic rings. The number of aliphatic carboxylic acids is 1. The standard InChI is InChI=1S/C14H27NO4S/c1-11-6-5-7-14(10-11,12(16)17)15-20(18,19)9-8-13(2,3)4/h11,15H,5-10H2,1-4H3,(H,16,17). The summed E-state index contributed by atoms with van der Waals surface area (Å²) in [6, 6.07) is 0. The average Bonchev–Trinajstić information content (AvgIpc) is 2.25. The molecule has 20 heavy (non-hydrogen) atoms. The lowest BCUT2D eigenvalue weighted by Crippen LogP contribution is -2.57. The molecule has 1 saturated carbocycles. The molecule has 2 atom stereocenters. The molecule has 0 aromatic heterocycles. The highest BCUT2D eigenvalue weighted by Gasteiger charge is 2.44. The summed E-state index contributed by atoms with van der Waals surface area (Å²) in [4.78, 5) is 11.6. The SMILES string of the molecule is CC1CCCC(NS(=O)(=O)CCC(C)(C)C)(C(=O)O)C1. The lowest BCUT2D eigenvalue weighted by molar-refractivity contribution is -0.146. The Hall–Kier alpha value is -0.620. The molecule has 0 saturated heterocycles. The molecule has 0 bridgehead atoms. The van der Waals surface area contributed by atoms with Crippen LogP contribution >= 0.6 is 0 Å². The van der Waals surface area contributed by atoms with Crippen LogP contribution in [0.15, 0.2) is 0 Å². The molecule has 1 rings (SSSR count). The Balaban J connectivity index is 2.82. The van der Waals surface area contributed by atoms with Crippen molar-refractivity contribution in [3.63, 3.8) is 0 Å². The van der Waals surface area contributed by atoms with Crippen LogP contribution in [0.4, 0.5) is 0 Å². The van der Waals surface area contributed by atoms with E-state index in [1.807, 2.05) is 27.7 Å². The fourth-order valence-corrected chi connectivity index (χ4v) is 4.52. The van der Waals surface area contributed by atoms with Crippen molar-refractivity contribution >= 4 is 16.0 Å². The molecule has 0 aliphatic heterocycles. The van der Waals surface area contributed by atoms with E-state index in [0.29, 0.717) is 19.3 Å². The molecule has 0 spiro atoms. The van der Waals surface area contributed by atoms with Gasteiger partial charge in [0.05, 0.1) is 5.75 Å².